The molecule has 0 unspecified atom stereocenters. The zero-order chi connectivity index (χ0) is 21.8. The van der Waals surface area contributed by atoms with Crippen LogP contribution in [0.25, 0.3) is 17.1 Å². The Morgan fingerprint density at radius 3 is 2.42 bits per heavy atom. The van der Waals surface area contributed by atoms with Crippen LogP contribution in [-0.4, -0.2) is 27.3 Å². The first-order chi connectivity index (χ1) is 15.0. The molecule has 6 nitrogen and oxygen atoms in total. The molecule has 0 saturated carbocycles. The van der Waals surface area contributed by atoms with Crippen molar-refractivity contribution in [2.45, 2.75) is 6.92 Å². The van der Waals surface area contributed by atoms with Crippen molar-refractivity contribution in [3.63, 3.8) is 0 Å². The van der Waals surface area contributed by atoms with Gasteiger partial charge in [-0.15, -0.1) is 5.10 Å². The summed E-state index contributed by atoms with van der Waals surface area (Å²) in [5.41, 5.74) is 2.06. The van der Waals surface area contributed by atoms with Gasteiger partial charge in [-0.2, -0.15) is 0 Å². The standard InChI is InChI=1S/C23H18Cl2N4O2/c1-2-31-20-12-10-19(11-13-20)29-22(15-4-3-5-17(25)14-15)27-21(28-29)23(30)26-18-8-6-16(24)7-9-18/h3-14H,2H2,1H3,(H,26,30). The number of aromatic nitrogens is 3. The molecule has 0 fully saturated rings. The van der Waals surface area contributed by atoms with E-state index in [1.807, 2.05) is 43.3 Å². The first-order valence-electron chi connectivity index (χ1n) is 9.56. The van der Waals surface area contributed by atoms with Crippen molar-refractivity contribution < 1.29 is 9.53 Å². The lowest BCUT2D eigenvalue weighted by Crippen LogP contribution is -2.14. The van der Waals surface area contributed by atoms with Crippen LogP contribution in [0.4, 0.5) is 5.69 Å². The Bertz CT molecular complexity index is 1210. The number of anilines is 1. The van der Waals surface area contributed by atoms with Gasteiger partial charge in [-0.25, -0.2) is 9.67 Å². The highest BCUT2D eigenvalue weighted by Crippen LogP contribution is 2.25. The molecule has 1 amide bonds. The SMILES string of the molecule is CCOc1ccc(-n2nc(C(=O)Nc3ccc(Cl)cc3)nc2-c2cccc(Cl)c2)cc1. The Hall–Kier alpha value is -3.35. The van der Waals surface area contributed by atoms with Crippen LogP contribution in [0, 0.1) is 0 Å². The molecule has 3 aromatic carbocycles. The Balaban J connectivity index is 1.72. The minimum Gasteiger partial charge on any atom is -0.494 e. The fraction of sp³-hybridized carbons (Fsp3) is 0.0870. The maximum atomic E-state index is 12.8. The maximum absolute atomic E-state index is 12.8. The number of amides is 1. The Morgan fingerprint density at radius 2 is 1.74 bits per heavy atom. The smallest absolute Gasteiger partial charge is 0.295 e. The van der Waals surface area contributed by atoms with E-state index >= 15 is 0 Å². The van der Waals surface area contributed by atoms with Gasteiger partial charge in [0.1, 0.15) is 5.75 Å². The maximum Gasteiger partial charge on any atom is 0.295 e. The van der Waals surface area contributed by atoms with Gasteiger partial charge < -0.3 is 10.1 Å². The van der Waals surface area contributed by atoms with Crippen LogP contribution in [0.5, 0.6) is 5.75 Å². The normalized spacial score (nSPS) is 10.7. The van der Waals surface area contributed by atoms with E-state index in [-0.39, 0.29) is 5.82 Å². The zero-order valence-electron chi connectivity index (χ0n) is 16.5. The summed E-state index contributed by atoms with van der Waals surface area (Å²) in [4.78, 5) is 17.3. The van der Waals surface area contributed by atoms with Crippen molar-refractivity contribution in [1.29, 1.82) is 0 Å². The van der Waals surface area contributed by atoms with E-state index < -0.39 is 5.91 Å². The molecule has 0 bridgehead atoms. The molecule has 1 heterocycles. The van der Waals surface area contributed by atoms with Gasteiger partial charge in [0.2, 0.25) is 5.82 Å². The molecule has 0 aliphatic rings. The van der Waals surface area contributed by atoms with Gasteiger partial charge in [0, 0.05) is 21.3 Å². The first-order valence-corrected chi connectivity index (χ1v) is 10.3. The topological polar surface area (TPSA) is 69.0 Å². The Kier molecular flexibility index (Phi) is 6.21. The average Bonchev–Trinajstić information content (AvgIpc) is 3.22. The second kappa shape index (κ2) is 9.20. The lowest BCUT2D eigenvalue weighted by atomic mass is 10.2. The number of ether oxygens (including phenoxy) is 1. The predicted octanol–water partition coefficient (Wildman–Crippen LogP) is 5.89. The number of carbonyl (C=O) groups excluding carboxylic acids is 1. The summed E-state index contributed by atoms with van der Waals surface area (Å²) in [5, 5.41) is 8.39. The molecular formula is C23H18Cl2N4O2. The van der Waals surface area contributed by atoms with Crippen LogP contribution < -0.4 is 10.1 Å². The van der Waals surface area contributed by atoms with E-state index in [0.29, 0.717) is 28.2 Å². The first kappa shape index (κ1) is 20.9. The number of hydrogen-bond acceptors (Lipinski definition) is 4. The second-order valence-electron chi connectivity index (χ2n) is 6.57. The molecular weight excluding hydrogens is 435 g/mol. The monoisotopic (exact) mass is 452 g/mol. The molecule has 0 aliphatic carbocycles. The van der Waals surface area contributed by atoms with Gasteiger partial charge in [0.05, 0.1) is 12.3 Å². The second-order valence-corrected chi connectivity index (χ2v) is 7.44. The van der Waals surface area contributed by atoms with Crippen LogP contribution in [0.15, 0.2) is 72.8 Å². The van der Waals surface area contributed by atoms with Crippen molar-refractivity contribution in [2.24, 2.45) is 0 Å². The third-order valence-electron chi connectivity index (χ3n) is 4.39. The lowest BCUT2D eigenvalue weighted by molar-refractivity contribution is 0.101. The fourth-order valence-corrected chi connectivity index (χ4v) is 3.29. The lowest BCUT2D eigenvalue weighted by Gasteiger charge is -2.08. The highest BCUT2D eigenvalue weighted by Gasteiger charge is 2.19. The molecule has 31 heavy (non-hydrogen) atoms. The molecule has 0 atom stereocenters. The van der Waals surface area contributed by atoms with E-state index in [2.05, 4.69) is 15.4 Å². The summed E-state index contributed by atoms with van der Waals surface area (Å²) in [7, 11) is 0. The van der Waals surface area contributed by atoms with E-state index in [1.165, 1.54) is 0 Å². The van der Waals surface area contributed by atoms with Crippen LogP contribution in [0.2, 0.25) is 10.0 Å². The van der Waals surface area contributed by atoms with Gasteiger partial charge in [0.15, 0.2) is 5.82 Å². The summed E-state index contributed by atoms with van der Waals surface area (Å²) in [6, 6.07) is 21.4. The van der Waals surface area contributed by atoms with Crippen LogP contribution >= 0.6 is 23.2 Å². The molecule has 0 aliphatic heterocycles. The number of benzene rings is 3. The third kappa shape index (κ3) is 4.87. The highest BCUT2D eigenvalue weighted by molar-refractivity contribution is 6.31. The van der Waals surface area contributed by atoms with Crippen molar-refractivity contribution in [2.75, 3.05) is 11.9 Å². The van der Waals surface area contributed by atoms with Crippen LogP contribution in [0.1, 0.15) is 17.5 Å². The number of nitrogens with one attached hydrogen (secondary N) is 1. The summed E-state index contributed by atoms with van der Waals surface area (Å²) in [6.07, 6.45) is 0. The minimum absolute atomic E-state index is 0.0267. The Morgan fingerprint density at radius 1 is 1.00 bits per heavy atom. The van der Waals surface area contributed by atoms with Gasteiger partial charge in [-0.3, -0.25) is 4.79 Å². The van der Waals surface area contributed by atoms with Crippen molar-refractivity contribution in [3.05, 3.63) is 88.7 Å². The van der Waals surface area contributed by atoms with Gasteiger partial charge in [-0.05, 0) is 67.6 Å². The predicted molar refractivity (Wildman–Crippen MR) is 122 cm³/mol. The molecule has 0 saturated heterocycles. The van der Waals surface area contributed by atoms with Crippen molar-refractivity contribution in [1.82, 2.24) is 14.8 Å². The Labute approximate surface area is 189 Å². The third-order valence-corrected chi connectivity index (χ3v) is 4.87. The highest BCUT2D eigenvalue weighted by atomic mass is 35.5. The quantitative estimate of drug-likeness (QED) is 0.395. The molecule has 0 radical (unpaired) electrons. The number of rotatable bonds is 6. The van der Waals surface area contributed by atoms with E-state index in [4.69, 9.17) is 27.9 Å². The molecule has 1 N–H and O–H groups in total. The van der Waals surface area contributed by atoms with Crippen molar-refractivity contribution in [3.8, 4) is 22.8 Å². The van der Waals surface area contributed by atoms with Crippen LogP contribution in [-0.2, 0) is 0 Å². The van der Waals surface area contributed by atoms with E-state index in [1.54, 1.807) is 41.1 Å². The summed E-state index contributed by atoms with van der Waals surface area (Å²) >= 11 is 12.1. The van der Waals surface area contributed by atoms with Crippen molar-refractivity contribution >= 4 is 34.8 Å². The average molecular weight is 453 g/mol. The van der Waals surface area contributed by atoms with E-state index in [0.717, 1.165) is 17.0 Å². The fourth-order valence-electron chi connectivity index (χ4n) is 2.97. The molecule has 8 heteroatoms. The summed E-state index contributed by atoms with van der Waals surface area (Å²) in [5.74, 6) is 0.832. The minimum atomic E-state index is -0.435. The molecule has 4 aromatic rings. The number of halogens is 2. The summed E-state index contributed by atoms with van der Waals surface area (Å²) in [6.45, 7) is 2.50. The molecule has 0 spiro atoms. The van der Waals surface area contributed by atoms with Gasteiger partial charge >= 0.3 is 0 Å². The molecule has 1 aromatic heterocycles. The number of hydrogen-bond donors (Lipinski definition) is 1. The largest absolute Gasteiger partial charge is 0.494 e. The van der Waals surface area contributed by atoms with Gasteiger partial charge in [-0.1, -0.05) is 35.3 Å². The van der Waals surface area contributed by atoms with E-state index in [9.17, 15) is 4.79 Å². The van der Waals surface area contributed by atoms with Crippen LogP contribution in [0.3, 0.4) is 0 Å². The summed E-state index contributed by atoms with van der Waals surface area (Å²) < 4.78 is 7.12. The molecule has 4 rings (SSSR count). The number of carbonyl (C=O) groups is 1. The number of nitrogens with zero attached hydrogens (tertiary/aromatic N) is 3. The van der Waals surface area contributed by atoms with Gasteiger partial charge in [0.25, 0.3) is 5.91 Å². The molecule has 156 valence electrons. The zero-order valence-corrected chi connectivity index (χ0v) is 18.1.